The first kappa shape index (κ1) is 12.6. The van der Waals surface area contributed by atoms with Crippen molar-refractivity contribution in [3.63, 3.8) is 0 Å². The van der Waals surface area contributed by atoms with Crippen LogP contribution in [0.1, 0.15) is 12.8 Å². The molecule has 3 rings (SSSR count). The molecule has 2 heterocycles. The molecule has 19 heavy (non-hydrogen) atoms. The number of pyridine rings is 1. The van der Waals surface area contributed by atoms with Crippen molar-refractivity contribution in [1.29, 1.82) is 0 Å². The normalized spacial score (nSPS) is 23.4. The lowest BCUT2D eigenvalue weighted by atomic mass is 10.1. The molecule has 0 amide bonds. The molecule has 0 N–H and O–H groups in total. The van der Waals surface area contributed by atoms with E-state index in [0.29, 0.717) is 31.5 Å². The predicted octanol–water partition coefficient (Wildman–Crippen LogP) is 2.26. The zero-order valence-electron chi connectivity index (χ0n) is 10.3. The SMILES string of the molecule is O=[N+]([O-])c1cc(Cl)cnc1N1CCOCC1C1CC1. The summed E-state index contributed by atoms with van der Waals surface area (Å²) in [7, 11) is 0. The molecule has 1 aliphatic carbocycles. The number of rotatable bonds is 3. The fourth-order valence-corrected chi connectivity index (χ4v) is 2.69. The van der Waals surface area contributed by atoms with Gasteiger partial charge in [-0.15, -0.1) is 0 Å². The van der Waals surface area contributed by atoms with E-state index in [1.807, 2.05) is 4.90 Å². The van der Waals surface area contributed by atoms with Gasteiger partial charge in [-0.2, -0.15) is 0 Å². The van der Waals surface area contributed by atoms with Crippen LogP contribution >= 0.6 is 11.6 Å². The monoisotopic (exact) mass is 283 g/mol. The summed E-state index contributed by atoms with van der Waals surface area (Å²) in [6, 6.07) is 1.56. The molecule has 1 aliphatic heterocycles. The van der Waals surface area contributed by atoms with Crippen molar-refractivity contribution < 1.29 is 9.66 Å². The van der Waals surface area contributed by atoms with Gasteiger partial charge in [-0.1, -0.05) is 11.6 Å². The van der Waals surface area contributed by atoms with Crippen LogP contribution in [0.2, 0.25) is 5.02 Å². The second-order valence-electron chi connectivity index (χ2n) is 4.93. The number of nitro groups is 1. The van der Waals surface area contributed by atoms with Crippen LogP contribution < -0.4 is 4.90 Å². The average molecular weight is 284 g/mol. The second-order valence-corrected chi connectivity index (χ2v) is 5.36. The van der Waals surface area contributed by atoms with Gasteiger partial charge in [0.15, 0.2) is 0 Å². The van der Waals surface area contributed by atoms with Crippen LogP contribution in [0.15, 0.2) is 12.3 Å². The van der Waals surface area contributed by atoms with Gasteiger partial charge in [-0.25, -0.2) is 4.98 Å². The summed E-state index contributed by atoms with van der Waals surface area (Å²) < 4.78 is 5.49. The van der Waals surface area contributed by atoms with E-state index in [9.17, 15) is 10.1 Å². The number of nitrogens with zero attached hydrogens (tertiary/aromatic N) is 3. The van der Waals surface area contributed by atoms with Gasteiger partial charge in [0.2, 0.25) is 5.82 Å². The second kappa shape index (κ2) is 4.94. The highest BCUT2D eigenvalue weighted by Gasteiger charge is 2.39. The van der Waals surface area contributed by atoms with Gasteiger partial charge in [0.25, 0.3) is 0 Å². The molecule has 1 unspecified atom stereocenters. The molecule has 1 saturated heterocycles. The van der Waals surface area contributed by atoms with Crippen molar-refractivity contribution in [3.8, 4) is 0 Å². The third-order valence-corrected chi connectivity index (χ3v) is 3.82. The van der Waals surface area contributed by atoms with E-state index in [-0.39, 0.29) is 16.8 Å². The fraction of sp³-hybridized carbons (Fsp3) is 0.583. The Morgan fingerprint density at radius 2 is 2.32 bits per heavy atom. The average Bonchev–Trinajstić information content (AvgIpc) is 3.23. The molecule has 1 aromatic rings. The van der Waals surface area contributed by atoms with E-state index >= 15 is 0 Å². The molecule has 2 aliphatic rings. The Morgan fingerprint density at radius 1 is 1.53 bits per heavy atom. The number of morpholine rings is 1. The lowest BCUT2D eigenvalue weighted by Gasteiger charge is -2.36. The summed E-state index contributed by atoms with van der Waals surface area (Å²) in [6.45, 7) is 1.83. The summed E-state index contributed by atoms with van der Waals surface area (Å²) in [5, 5.41) is 11.4. The number of ether oxygens (including phenoxy) is 1. The fourth-order valence-electron chi connectivity index (χ4n) is 2.53. The molecule has 1 atom stereocenters. The Bertz CT molecular complexity index is 507. The van der Waals surface area contributed by atoms with E-state index in [1.54, 1.807) is 0 Å². The molecule has 0 aromatic carbocycles. The smallest absolute Gasteiger partial charge is 0.313 e. The highest BCUT2D eigenvalue weighted by Crippen LogP contribution is 2.40. The molecule has 1 aromatic heterocycles. The van der Waals surface area contributed by atoms with Crippen molar-refractivity contribution >= 4 is 23.1 Å². The van der Waals surface area contributed by atoms with Gasteiger partial charge >= 0.3 is 5.69 Å². The summed E-state index contributed by atoms with van der Waals surface area (Å²) in [4.78, 5) is 16.9. The molecule has 0 radical (unpaired) electrons. The van der Waals surface area contributed by atoms with Crippen LogP contribution in [0.25, 0.3) is 0 Å². The summed E-state index contributed by atoms with van der Waals surface area (Å²) >= 11 is 5.80. The van der Waals surface area contributed by atoms with Gasteiger partial charge in [0, 0.05) is 18.8 Å². The maximum absolute atomic E-state index is 11.2. The van der Waals surface area contributed by atoms with Crippen molar-refractivity contribution in [2.75, 3.05) is 24.7 Å². The molecule has 1 saturated carbocycles. The van der Waals surface area contributed by atoms with E-state index < -0.39 is 4.92 Å². The zero-order valence-corrected chi connectivity index (χ0v) is 11.0. The lowest BCUT2D eigenvalue weighted by molar-refractivity contribution is -0.384. The van der Waals surface area contributed by atoms with Gasteiger partial charge in [0.05, 0.1) is 29.2 Å². The van der Waals surface area contributed by atoms with Crippen LogP contribution in [-0.4, -0.2) is 35.7 Å². The third kappa shape index (κ3) is 2.50. The molecular formula is C12H14ClN3O3. The zero-order chi connectivity index (χ0) is 13.4. The highest BCUT2D eigenvalue weighted by atomic mass is 35.5. The highest BCUT2D eigenvalue weighted by molar-refractivity contribution is 6.30. The minimum absolute atomic E-state index is 0.0277. The van der Waals surface area contributed by atoms with Crippen LogP contribution in [0.4, 0.5) is 11.5 Å². The minimum Gasteiger partial charge on any atom is -0.377 e. The van der Waals surface area contributed by atoms with E-state index in [0.717, 1.165) is 12.8 Å². The molecule has 2 fully saturated rings. The van der Waals surface area contributed by atoms with Crippen LogP contribution in [0, 0.1) is 16.0 Å². The van der Waals surface area contributed by atoms with Crippen molar-refractivity contribution in [2.45, 2.75) is 18.9 Å². The summed E-state index contributed by atoms with van der Waals surface area (Å²) in [6.07, 6.45) is 3.78. The molecule has 7 heteroatoms. The maximum Gasteiger partial charge on any atom is 0.313 e. The predicted molar refractivity (Wildman–Crippen MR) is 70.6 cm³/mol. The minimum atomic E-state index is -0.423. The van der Waals surface area contributed by atoms with Crippen LogP contribution in [0.5, 0.6) is 0 Å². The van der Waals surface area contributed by atoms with Crippen molar-refractivity contribution in [2.24, 2.45) is 5.92 Å². The Kier molecular flexibility index (Phi) is 3.28. The van der Waals surface area contributed by atoms with Crippen molar-refractivity contribution in [3.05, 3.63) is 27.4 Å². The number of aromatic nitrogens is 1. The number of hydrogen-bond donors (Lipinski definition) is 0. The van der Waals surface area contributed by atoms with Gasteiger partial charge in [-0.05, 0) is 18.8 Å². The Labute approximate surface area is 115 Å². The maximum atomic E-state index is 11.2. The summed E-state index contributed by atoms with van der Waals surface area (Å²) in [5.41, 5.74) is -0.0277. The first-order chi connectivity index (χ1) is 9.16. The van der Waals surface area contributed by atoms with Gasteiger partial charge in [-0.3, -0.25) is 10.1 Å². The molecule has 0 bridgehead atoms. The van der Waals surface area contributed by atoms with Crippen LogP contribution in [0.3, 0.4) is 0 Å². The summed E-state index contributed by atoms with van der Waals surface area (Å²) in [5.74, 6) is 0.979. The standard InChI is InChI=1S/C12H14ClN3O3/c13-9-5-10(16(17)18)12(14-6-9)15-3-4-19-7-11(15)8-1-2-8/h5-6,8,11H,1-4,7H2. The number of halogens is 1. The Morgan fingerprint density at radius 3 is 3.00 bits per heavy atom. The third-order valence-electron chi connectivity index (χ3n) is 3.61. The van der Waals surface area contributed by atoms with Crippen LogP contribution in [-0.2, 0) is 4.74 Å². The Hall–Kier alpha value is -1.40. The molecular weight excluding hydrogens is 270 g/mol. The topological polar surface area (TPSA) is 68.5 Å². The quantitative estimate of drug-likeness (QED) is 0.629. The molecule has 102 valence electrons. The number of anilines is 1. The van der Waals surface area contributed by atoms with E-state index in [2.05, 4.69) is 4.98 Å². The van der Waals surface area contributed by atoms with Crippen molar-refractivity contribution in [1.82, 2.24) is 4.98 Å². The molecule has 0 spiro atoms. The first-order valence-electron chi connectivity index (χ1n) is 6.31. The lowest BCUT2D eigenvalue weighted by Crippen LogP contribution is -2.47. The number of hydrogen-bond acceptors (Lipinski definition) is 5. The van der Waals surface area contributed by atoms with Gasteiger partial charge < -0.3 is 9.64 Å². The first-order valence-corrected chi connectivity index (χ1v) is 6.69. The van der Waals surface area contributed by atoms with Gasteiger partial charge in [0.1, 0.15) is 0 Å². The largest absolute Gasteiger partial charge is 0.377 e. The molecule has 6 nitrogen and oxygen atoms in total. The Balaban J connectivity index is 1.97. The van der Waals surface area contributed by atoms with E-state index in [1.165, 1.54) is 12.3 Å². The van der Waals surface area contributed by atoms with E-state index in [4.69, 9.17) is 16.3 Å².